The molecule has 1 aliphatic heterocycles. The van der Waals surface area contributed by atoms with Crippen LogP contribution in [0.3, 0.4) is 0 Å². The molecule has 1 fully saturated rings. The van der Waals surface area contributed by atoms with Crippen LogP contribution in [0.1, 0.15) is 12.8 Å². The molecule has 88 valence electrons. The van der Waals surface area contributed by atoms with E-state index in [9.17, 15) is 18.7 Å². The Morgan fingerprint density at radius 1 is 1.40 bits per heavy atom. The van der Waals surface area contributed by atoms with E-state index in [-0.39, 0.29) is 32.0 Å². The molecule has 1 rings (SSSR count). The van der Waals surface area contributed by atoms with Crippen LogP contribution in [0.5, 0.6) is 0 Å². The zero-order chi connectivity index (χ0) is 11.6. The summed E-state index contributed by atoms with van der Waals surface area (Å²) in [7, 11) is 3.21. The summed E-state index contributed by atoms with van der Waals surface area (Å²) in [5, 5.41) is 9.49. The standard InChI is InChI=1S/C9H16F2N2O2/c1-12(2)8(14)13-5-3-9(15,4-6-13)7(10)11/h7,15H,3-6H2,1-2H3. The Bertz CT molecular complexity index is 238. The first-order valence-electron chi connectivity index (χ1n) is 4.83. The molecule has 6 heteroatoms. The van der Waals surface area contributed by atoms with Crippen LogP contribution in [0.4, 0.5) is 13.6 Å². The maximum absolute atomic E-state index is 12.4. The lowest BCUT2D eigenvalue weighted by molar-refractivity contribution is -0.122. The molecular weight excluding hydrogens is 206 g/mol. The van der Waals surface area contributed by atoms with Crippen molar-refractivity contribution in [3.8, 4) is 0 Å². The minimum atomic E-state index is -2.74. The lowest BCUT2D eigenvalue weighted by atomic mass is 9.92. The van der Waals surface area contributed by atoms with E-state index in [1.807, 2.05) is 0 Å². The van der Waals surface area contributed by atoms with E-state index in [1.165, 1.54) is 9.80 Å². The molecule has 0 atom stereocenters. The molecule has 1 N–H and O–H groups in total. The Balaban J connectivity index is 2.53. The summed E-state index contributed by atoms with van der Waals surface area (Å²) < 4.78 is 24.9. The molecule has 0 aromatic rings. The van der Waals surface area contributed by atoms with Gasteiger partial charge in [-0.3, -0.25) is 0 Å². The van der Waals surface area contributed by atoms with Crippen molar-refractivity contribution >= 4 is 6.03 Å². The molecule has 0 aromatic carbocycles. The first-order chi connectivity index (χ1) is 6.87. The molecule has 0 spiro atoms. The van der Waals surface area contributed by atoms with Gasteiger partial charge in [0.05, 0.1) is 0 Å². The Morgan fingerprint density at radius 2 is 1.87 bits per heavy atom. The quantitative estimate of drug-likeness (QED) is 0.711. The fourth-order valence-electron chi connectivity index (χ4n) is 1.59. The third-order valence-electron chi connectivity index (χ3n) is 2.69. The van der Waals surface area contributed by atoms with Crippen molar-refractivity contribution in [1.29, 1.82) is 0 Å². The number of hydrogen-bond donors (Lipinski definition) is 1. The molecule has 0 aromatic heterocycles. The van der Waals surface area contributed by atoms with Gasteiger partial charge in [0, 0.05) is 27.2 Å². The van der Waals surface area contributed by atoms with Gasteiger partial charge >= 0.3 is 6.03 Å². The summed E-state index contributed by atoms with van der Waals surface area (Å²) in [6, 6.07) is -0.202. The molecule has 0 radical (unpaired) electrons. The van der Waals surface area contributed by atoms with E-state index >= 15 is 0 Å². The fraction of sp³-hybridized carbons (Fsp3) is 0.889. The molecule has 0 aliphatic carbocycles. The van der Waals surface area contributed by atoms with Gasteiger partial charge in [-0.25, -0.2) is 13.6 Å². The van der Waals surface area contributed by atoms with Crippen molar-refractivity contribution in [2.45, 2.75) is 24.9 Å². The highest BCUT2D eigenvalue weighted by molar-refractivity contribution is 5.73. The van der Waals surface area contributed by atoms with Gasteiger partial charge < -0.3 is 14.9 Å². The largest absolute Gasteiger partial charge is 0.384 e. The van der Waals surface area contributed by atoms with Gasteiger partial charge in [0.2, 0.25) is 0 Å². The second kappa shape index (κ2) is 4.30. The third kappa shape index (κ3) is 2.56. The maximum atomic E-state index is 12.4. The number of rotatable bonds is 1. The molecular formula is C9H16F2N2O2. The maximum Gasteiger partial charge on any atom is 0.319 e. The van der Waals surface area contributed by atoms with Crippen molar-refractivity contribution in [3.63, 3.8) is 0 Å². The number of carbonyl (C=O) groups is 1. The van der Waals surface area contributed by atoms with Gasteiger partial charge in [0.25, 0.3) is 6.43 Å². The van der Waals surface area contributed by atoms with Crippen molar-refractivity contribution in [2.24, 2.45) is 0 Å². The lowest BCUT2D eigenvalue weighted by Crippen LogP contribution is -2.52. The Labute approximate surface area is 87.5 Å². The average molecular weight is 222 g/mol. The van der Waals surface area contributed by atoms with Crippen LogP contribution in [0.2, 0.25) is 0 Å². The number of hydrogen-bond acceptors (Lipinski definition) is 2. The second-order valence-corrected chi connectivity index (χ2v) is 4.07. The van der Waals surface area contributed by atoms with Crippen LogP contribution in [-0.2, 0) is 0 Å². The van der Waals surface area contributed by atoms with Crippen LogP contribution in [0.15, 0.2) is 0 Å². The number of halogens is 2. The first-order valence-corrected chi connectivity index (χ1v) is 4.83. The summed E-state index contributed by atoms with van der Waals surface area (Å²) in [5.41, 5.74) is -1.91. The fourth-order valence-corrected chi connectivity index (χ4v) is 1.59. The zero-order valence-corrected chi connectivity index (χ0v) is 8.91. The molecule has 0 saturated carbocycles. The minimum absolute atomic E-state index is 0.0652. The molecule has 4 nitrogen and oxygen atoms in total. The summed E-state index contributed by atoms with van der Waals surface area (Å²) >= 11 is 0. The van der Waals surface area contributed by atoms with Crippen LogP contribution in [0, 0.1) is 0 Å². The number of alkyl halides is 2. The first kappa shape index (κ1) is 12.2. The SMILES string of the molecule is CN(C)C(=O)N1CCC(O)(C(F)F)CC1. The molecule has 2 amide bonds. The van der Waals surface area contributed by atoms with Gasteiger partial charge in [-0.1, -0.05) is 0 Å². The van der Waals surface area contributed by atoms with Crippen molar-refractivity contribution in [2.75, 3.05) is 27.2 Å². The van der Waals surface area contributed by atoms with Gasteiger partial charge in [-0.15, -0.1) is 0 Å². The number of urea groups is 1. The molecule has 0 bridgehead atoms. The number of nitrogens with zero attached hydrogens (tertiary/aromatic N) is 2. The monoisotopic (exact) mass is 222 g/mol. The van der Waals surface area contributed by atoms with Gasteiger partial charge in [-0.05, 0) is 12.8 Å². The van der Waals surface area contributed by atoms with E-state index in [1.54, 1.807) is 14.1 Å². The topological polar surface area (TPSA) is 43.8 Å². The average Bonchev–Trinajstić information content (AvgIpc) is 2.17. The van der Waals surface area contributed by atoms with E-state index in [2.05, 4.69) is 0 Å². The number of piperidine rings is 1. The second-order valence-electron chi connectivity index (χ2n) is 4.07. The van der Waals surface area contributed by atoms with Crippen LogP contribution in [-0.4, -0.2) is 60.1 Å². The molecule has 1 heterocycles. The summed E-state index contributed by atoms with van der Waals surface area (Å²) in [6.07, 6.45) is -2.87. The third-order valence-corrected chi connectivity index (χ3v) is 2.69. The minimum Gasteiger partial charge on any atom is -0.384 e. The smallest absolute Gasteiger partial charge is 0.319 e. The van der Waals surface area contributed by atoms with Crippen molar-refractivity contribution in [3.05, 3.63) is 0 Å². The van der Waals surface area contributed by atoms with Crippen molar-refractivity contribution < 1.29 is 18.7 Å². The zero-order valence-electron chi connectivity index (χ0n) is 8.91. The van der Waals surface area contributed by atoms with Crippen LogP contribution < -0.4 is 0 Å². The summed E-state index contributed by atoms with van der Waals surface area (Å²) in [5.74, 6) is 0. The molecule has 1 saturated heterocycles. The number of aliphatic hydroxyl groups is 1. The van der Waals surface area contributed by atoms with E-state index < -0.39 is 12.0 Å². The summed E-state index contributed by atoms with van der Waals surface area (Å²) in [6.45, 7) is 0.357. The predicted octanol–water partition coefficient (Wildman–Crippen LogP) is 0.760. The van der Waals surface area contributed by atoms with Gasteiger partial charge in [-0.2, -0.15) is 0 Å². The van der Waals surface area contributed by atoms with E-state index in [4.69, 9.17) is 0 Å². The predicted molar refractivity (Wildman–Crippen MR) is 50.8 cm³/mol. The number of likely N-dealkylation sites (tertiary alicyclic amines) is 1. The number of carbonyl (C=O) groups excluding carboxylic acids is 1. The molecule has 15 heavy (non-hydrogen) atoms. The van der Waals surface area contributed by atoms with Crippen LogP contribution in [0.25, 0.3) is 0 Å². The summed E-state index contributed by atoms with van der Waals surface area (Å²) in [4.78, 5) is 14.3. The van der Waals surface area contributed by atoms with Crippen molar-refractivity contribution in [1.82, 2.24) is 9.80 Å². The highest BCUT2D eigenvalue weighted by Crippen LogP contribution is 2.28. The van der Waals surface area contributed by atoms with E-state index in [0.717, 1.165) is 0 Å². The highest BCUT2D eigenvalue weighted by atomic mass is 19.3. The Hall–Kier alpha value is -0.910. The number of amides is 2. The Morgan fingerprint density at radius 3 is 2.20 bits per heavy atom. The van der Waals surface area contributed by atoms with Gasteiger partial charge in [0.1, 0.15) is 5.60 Å². The Kier molecular flexibility index (Phi) is 3.49. The molecule has 0 unspecified atom stereocenters. The van der Waals surface area contributed by atoms with E-state index in [0.29, 0.717) is 0 Å². The normalized spacial score (nSPS) is 20.5. The van der Waals surface area contributed by atoms with Crippen LogP contribution >= 0.6 is 0 Å². The molecule has 1 aliphatic rings. The lowest BCUT2D eigenvalue weighted by Gasteiger charge is -2.38. The highest BCUT2D eigenvalue weighted by Gasteiger charge is 2.41. The van der Waals surface area contributed by atoms with Gasteiger partial charge in [0.15, 0.2) is 0 Å².